The molecule has 0 saturated heterocycles. The molecule has 0 radical (unpaired) electrons. The van der Waals surface area contributed by atoms with E-state index in [-0.39, 0.29) is 5.78 Å². The third-order valence-corrected chi connectivity index (χ3v) is 3.92. The number of aryl methyl sites for hydroxylation is 1. The predicted molar refractivity (Wildman–Crippen MR) is 76.6 cm³/mol. The Bertz CT molecular complexity index is 731. The third kappa shape index (κ3) is 2.35. The van der Waals surface area contributed by atoms with Gasteiger partial charge in [-0.25, -0.2) is 4.79 Å². The van der Waals surface area contributed by atoms with Gasteiger partial charge in [0.05, 0.1) is 6.20 Å². The van der Waals surface area contributed by atoms with Gasteiger partial charge in [0, 0.05) is 30.3 Å². The maximum atomic E-state index is 12.3. The molecule has 0 bridgehead atoms. The lowest BCUT2D eigenvalue weighted by molar-refractivity contribution is 0.0730. The highest BCUT2D eigenvalue weighted by molar-refractivity contribution is 5.99. The van der Waals surface area contributed by atoms with Gasteiger partial charge in [-0.3, -0.25) is 9.48 Å². The molecule has 0 aliphatic heterocycles. The smallest absolute Gasteiger partial charge is 0.347 e. The fraction of sp³-hybridized carbons (Fsp3) is 0.312. The number of rotatable bonds is 2. The van der Waals surface area contributed by atoms with Crippen molar-refractivity contribution in [2.75, 3.05) is 0 Å². The minimum atomic E-state index is -0.438. The van der Waals surface area contributed by atoms with Crippen LogP contribution in [0.25, 0.3) is 0 Å². The highest BCUT2D eigenvalue weighted by Crippen LogP contribution is 2.30. The number of Topliss-reactive ketones (excluding diaryl/α,β-unsaturated/α-hetero) is 1. The van der Waals surface area contributed by atoms with Crippen LogP contribution in [0.15, 0.2) is 24.4 Å². The number of ether oxygens (including phenoxy) is 1. The van der Waals surface area contributed by atoms with Gasteiger partial charge in [0.15, 0.2) is 5.78 Å². The van der Waals surface area contributed by atoms with Crippen molar-refractivity contribution in [3.05, 3.63) is 46.8 Å². The molecule has 5 heteroatoms. The standard InChI is InChI=1S/C16H16N2O3/c1-10-13(9-17-18(10)2)16(20)21-15-8-4-5-11-12(15)6-3-7-14(11)19/h4-5,8-9H,3,6-7H2,1-2H3. The van der Waals surface area contributed by atoms with Crippen LogP contribution in [0.5, 0.6) is 5.75 Å². The van der Waals surface area contributed by atoms with Gasteiger partial charge >= 0.3 is 5.97 Å². The zero-order valence-electron chi connectivity index (χ0n) is 12.0. The summed E-state index contributed by atoms with van der Waals surface area (Å²) in [6, 6.07) is 5.28. The van der Waals surface area contributed by atoms with Crippen molar-refractivity contribution >= 4 is 11.8 Å². The molecule has 0 spiro atoms. The summed E-state index contributed by atoms with van der Waals surface area (Å²) in [6.07, 6.45) is 3.62. The monoisotopic (exact) mass is 284 g/mol. The Labute approximate surface area is 122 Å². The van der Waals surface area contributed by atoms with Crippen molar-refractivity contribution < 1.29 is 14.3 Å². The highest BCUT2D eigenvalue weighted by atomic mass is 16.5. The maximum Gasteiger partial charge on any atom is 0.347 e. The van der Waals surface area contributed by atoms with E-state index in [0.29, 0.717) is 23.3 Å². The summed E-state index contributed by atoms with van der Waals surface area (Å²) < 4.78 is 7.12. The maximum absolute atomic E-state index is 12.3. The number of nitrogens with zero attached hydrogens (tertiary/aromatic N) is 2. The van der Waals surface area contributed by atoms with Crippen molar-refractivity contribution in [3.63, 3.8) is 0 Å². The fourth-order valence-corrected chi connectivity index (χ4v) is 2.59. The lowest BCUT2D eigenvalue weighted by Crippen LogP contribution is -2.15. The molecule has 21 heavy (non-hydrogen) atoms. The number of benzene rings is 1. The summed E-state index contributed by atoms with van der Waals surface area (Å²) >= 11 is 0. The molecule has 1 aromatic carbocycles. The molecule has 0 atom stereocenters. The second kappa shape index (κ2) is 5.16. The molecule has 1 aliphatic carbocycles. The van der Waals surface area contributed by atoms with E-state index in [2.05, 4.69) is 5.10 Å². The van der Waals surface area contributed by atoms with Gasteiger partial charge < -0.3 is 4.74 Å². The Morgan fingerprint density at radius 3 is 2.86 bits per heavy atom. The van der Waals surface area contributed by atoms with Crippen LogP contribution in [-0.4, -0.2) is 21.5 Å². The molecule has 2 aromatic rings. The average molecular weight is 284 g/mol. The van der Waals surface area contributed by atoms with Gasteiger partial charge in [-0.2, -0.15) is 5.10 Å². The summed E-state index contributed by atoms with van der Waals surface area (Å²) in [7, 11) is 1.77. The zero-order chi connectivity index (χ0) is 15.0. The molecule has 0 saturated carbocycles. The molecule has 0 fully saturated rings. The Hall–Kier alpha value is -2.43. The van der Waals surface area contributed by atoms with Gasteiger partial charge in [-0.15, -0.1) is 0 Å². The molecule has 0 amide bonds. The SMILES string of the molecule is Cc1c(C(=O)Oc2cccc3c2CCCC3=O)cnn1C. The fourth-order valence-electron chi connectivity index (χ4n) is 2.59. The van der Waals surface area contributed by atoms with E-state index in [9.17, 15) is 9.59 Å². The van der Waals surface area contributed by atoms with Crippen LogP contribution >= 0.6 is 0 Å². The molecule has 0 N–H and O–H groups in total. The molecule has 108 valence electrons. The third-order valence-electron chi connectivity index (χ3n) is 3.92. The van der Waals surface area contributed by atoms with Crippen LogP contribution in [0.1, 0.15) is 44.8 Å². The summed E-state index contributed by atoms with van der Waals surface area (Å²) in [5, 5.41) is 4.04. The van der Waals surface area contributed by atoms with Crippen LogP contribution in [0, 0.1) is 6.92 Å². The van der Waals surface area contributed by atoms with Gasteiger partial charge in [0.25, 0.3) is 0 Å². The minimum Gasteiger partial charge on any atom is -0.423 e. The lowest BCUT2D eigenvalue weighted by Gasteiger charge is -2.17. The molecular formula is C16H16N2O3. The molecule has 1 heterocycles. The van der Waals surface area contributed by atoms with Gasteiger partial charge in [-0.05, 0) is 25.8 Å². The summed E-state index contributed by atoms with van der Waals surface area (Å²) in [6.45, 7) is 1.81. The summed E-state index contributed by atoms with van der Waals surface area (Å²) in [5.74, 6) is 0.160. The first-order valence-electron chi connectivity index (χ1n) is 6.94. The number of hydrogen-bond donors (Lipinski definition) is 0. The molecular weight excluding hydrogens is 268 g/mol. The number of esters is 1. The van der Waals surface area contributed by atoms with Gasteiger partial charge in [0.2, 0.25) is 0 Å². The Kier molecular flexibility index (Phi) is 3.33. The summed E-state index contributed by atoms with van der Waals surface area (Å²) in [5.41, 5.74) is 2.70. The van der Waals surface area contributed by atoms with Crippen LogP contribution in [-0.2, 0) is 13.5 Å². The van der Waals surface area contributed by atoms with E-state index in [1.54, 1.807) is 29.9 Å². The van der Waals surface area contributed by atoms with E-state index >= 15 is 0 Å². The van der Waals surface area contributed by atoms with Crippen molar-refractivity contribution in [1.82, 2.24) is 9.78 Å². The van der Waals surface area contributed by atoms with E-state index in [1.165, 1.54) is 6.20 Å². The lowest BCUT2D eigenvalue weighted by atomic mass is 9.90. The first-order chi connectivity index (χ1) is 10.1. The van der Waals surface area contributed by atoms with Crippen molar-refractivity contribution in [2.45, 2.75) is 26.2 Å². The van der Waals surface area contributed by atoms with E-state index < -0.39 is 5.97 Å². The number of aromatic nitrogens is 2. The number of hydrogen-bond acceptors (Lipinski definition) is 4. The number of fused-ring (bicyclic) bond motifs is 1. The van der Waals surface area contributed by atoms with Crippen molar-refractivity contribution in [3.8, 4) is 5.75 Å². The quantitative estimate of drug-likeness (QED) is 0.628. The first kappa shape index (κ1) is 13.5. The topological polar surface area (TPSA) is 61.2 Å². The zero-order valence-corrected chi connectivity index (χ0v) is 12.0. The Morgan fingerprint density at radius 1 is 1.33 bits per heavy atom. The number of carbonyl (C=O) groups excluding carboxylic acids is 2. The first-order valence-corrected chi connectivity index (χ1v) is 6.94. The highest BCUT2D eigenvalue weighted by Gasteiger charge is 2.23. The normalized spacial score (nSPS) is 13.9. The van der Waals surface area contributed by atoms with Crippen molar-refractivity contribution in [1.29, 1.82) is 0 Å². The van der Waals surface area contributed by atoms with Gasteiger partial charge in [-0.1, -0.05) is 12.1 Å². The molecule has 1 aliphatic rings. The van der Waals surface area contributed by atoms with Crippen LogP contribution < -0.4 is 4.74 Å². The van der Waals surface area contributed by atoms with Crippen molar-refractivity contribution in [2.24, 2.45) is 7.05 Å². The van der Waals surface area contributed by atoms with Crippen LogP contribution in [0.3, 0.4) is 0 Å². The summed E-state index contributed by atoms with van der Waals surface area (Å²) in [4.78, 5) is 24.2. The Balaban J connectivity index is 1.92. The van der Waals surface area contributed by atoms with E-state index in [0.717, 1.165) is 24.1 Å². The van der Waals surface area contributed by atoms with Crippen LogP contribution in [0.2, 0.25) is 0 Å². The molecule has 1 aromatic heterocycles. The van der Waals surface area contributed by atoms with E-state index in [4.69, 9.17) is 4.74 Å². The molecule has 5 nitrogen and oxygen atoms in total. The average Bonchev–Trinajstić information content (AvgIpc) is 2.80. The number of carbonyl (C=O) groups is 2. The van der Waals surface area contributed by atoms with Gasteiger partial charge in [0.1, 0.15) is 11.3 Å². The molecule has 3 rings (SSSR count). The molecule has 0 unspecified atom stereocenters. The van der Waals surface area contributed by atoms with Crippen LogP contribution in [0.4, 0.5) is 0 Å². The van der Waals surface area contributed by atoms with E-state index in [1.807, 2.05) is 6.92 Å². The second-order valence-corrected chi connectivity index (χ2v) is 5.22. The second-order valence-electron chi connectivity index (χ2n) is 5.22. The number of ketones is 1. The largest absolute Gasteiger partial charge is 0.423 e. The predicted octanol–water partition coefficient (Wildman–Crippen LogP) is 2.47. The minimum absolute atomic E-state index is 0.117. The Morgan fingerprint density at radius 2 is 2.14 bits per heavy atom.